The highest BCUT2D eigenvalue weighted by Gasteiger charge is 2.30. The molecule has 0 aliphatic carbocycles. The summed E-state index contributed by atoms with van der Waals surface area (Å²) in [6.07, 6.45) is -0.267. The zero-order valence-corrected chi connectivity index (χ0v) is 15.1. The molecule has 0 aliphatic heterocycles. The molecule has 3 aromatic heterocycles. The van der Waals surface area contributed by atoms with E-state index >= 15 is 0 Å². The van der Waals surface area contributed by atoms with Crippen LogP contribution in [0.15, 0.2) is 42.9 Å². The molecule has 3 heterocycles. The van der Waals surface area contributed by atoms with Crippen molar-refractivity contribution in [2.75, 3.05) is 7.11 Å². The molecule has 1 aromatic carbocycles. The minimum Gasteiger partial charge on any atom is -0.479 e. The van der Waals surface area contributed by atoms with Gasteiger partial charge in [0, 0.05) is 39.3 Å². The van der Waals surface area contributed by atoms with Gasteiger partial charge in [-0.25, -0.2) is 9.37 Å². The molecule has 4 rings (SSSR count). The van der Waals surface area contributed by atoms with E-state index in [-0.39, 0.29) is 17.0 Å². The third-order valence-corrected chi connectivity index (χ3v) is 4.59. The lowest BCUT2D eigenvalue weighted by Crippen LogP contribution is -2.17. The second-order valence-corrected chi connectivity index (χ2v) is 6.60. The molecule has 0 saturated heterocycles. The first-order chi connectivity index (χ1) is 13.3. The van der Waals surface area contributed by atoms with Crippen molar-refractivity contribution in [1.82, 2.24) is 14.5 Å². The van der Waals surface area contributed by atoms with E-state index in [2.05, 4.69) is 9.97 Å². The number of fused-ring (bicyclic) bond motifs is 3. The van der Waals surface area contributed by atoms with Crippen LogP contribution in [0.3, 0.4) is 0 Å². The first-order valence-corrected chi connectivity index (χ1v) is 8.48. The molecule has 0 unspecified atom stereocenters. The summed E-state index contributed by atoms with van der Waals surface area (Å²) >= 11 is 6.23. The molecule has 0 atom stereocenters. The van der Waals surface area contributed by atoms with E-state index in [1.54, 1.807) is 12.1 Å². The molecular weight excluding hydrogens is 398 g/mol. The summed E-state index contributed by atoms with van der Waals surface area (Å²) in [4.78, 5) is 7.83. The number of halogens is 5. The van der Waals surface area contributed by atoms with E-state index in [1.807, 2.05) is 0 Å². The number of alkyl halides is 3. The Labute approximate surface area is 161 Å². The Kier molecular flexibility index (Phi) is 4.38. The van der Waals surface area contributed by atoms with Gasteiger partial charge >= 0.3 is 6.18 Å². The summed E-state index contributed by atoms with van der Waals surface area (Å²) in [5.74, 6) is -0.935. The second kappa shape index (κ2) is 6.63. The molecule has 144 valence electrons. The van der Waals surface area contributed by atoms with Gasteiger partial charge < -0.3 is 9.30 Å². The quantitative estimate of drug-likeness (QED) is 0.413. The predicted octanol–water partition coefficient (Wildman–Crippen LogP) is 5.61. The van der Waals surface area contributed by atoms with Crippen LogP contribution in [-0.2, 0) is 6.54 Å². The minimum absolute atomic E-state index is 0.206. The van der Waals surface area contributed by atoms with Crippen molar-refractivity contribution in [2.45, 2.75) is 12.7 Å². The van der Waals surface area contributed by atoms with Gasteiger partial charge in [-0.05, 0) is 24.3 Å². The van der Waals surface area contributed by atoms with E-state index < -0.39 is 18.5 Å². The van der Waals surface area contributed by atoms with Crippen molar-refractivity contribution < 1.29 is 22.3 Å². The van der Waals surface area contributed by atoms with Gasteiger partial charge in [-0.1, -0.05) is 11.6 Å². The minimum atomic E-state index is -4.46. The maximum Gasteiger partial charge on any atom is 0.406 e. The predicted molar refractivity (Wildman–Crippen MR) is 98.0 cm³/mol. The number of hydrogen-bond acceptors (Lipinski definition) is 3. The van der Waals surface area contributed by atoms with Crippen LogP contribution in [0, 0.1) is 5.82 Å². The van der Waals surface area contributed by atoms with E-state index in [1.165, 1.54) is 31.8 Å². The fraction of sp³-hybridized carbons (Fsp3) is 0.158. The Morgan fingerprint density at radius 3 is 2.61 bits per heavy atom. The van der Waals surface area contributed by atoms with E-state index in [4.69, 9.17) is 16.3 Å². The first kappa shape index (κ1) is 18.5. The van der Waals surface area contributed by atoms with Crippen LogP contribution in [0.25, 0.3) is 32.9 Å². The highest BCUT2D eigenvalue weighted by atomic mass is 35.5. The lowest BCUT2D eigenvalue weighted by atomic mass is 10.0. The third-order valence-electron chi connectivity index (χ3n) is 4.37. The fourth-order valence-corrected chi connectivity index (χ4v) is 3.55. The Hall–Kier alpha value is -2.87. The van der Waals surface area contributed by atoms with E-state index in [0.29, 0.717) is 26.9 Å². The number of ether oxygens (including phenoxy) is 1. The van der Waals surface area contributed by atoms with Crippen LogP contribution < -0.4 is 4.74 Å². The first-order valence-electron chi connectivity index (χ1n) is 8.10. The lowest BCUT2D eigenvalue weighted by molar-refractivity contribution is -0.139. The number of aromatic nitrogens is 3. The third kappa shape index (κ3) is 3.13. The van der Waals surface area contributed by atoms with Crippen molar-refractivity contribution in [3.63, 3.8) is 0 Å². The standard InChI is InChI=1S/C19H12ClF4N3O/c1-28-18-15(21)4-10(7-26-18)13-5-11(20)6-14-12-2-3-25-8-16(12)27(17(13)14)9-19(22,23)24/h2-8H,9H2,1H3. The molecule has 4 aromatic rings. The van der Waals surface area contributed by atoms with Crippen LogP contribution in [0.2, 0.25) is 5.02 Å². The second-order valence-electron chi connectivity index (χ2n) is 6.16. The Bertz CT molecular complexity index is 1200. The largest absolute Gasteiger partial charge is 0.479 e. The van der Waals surface area contributed by atoms with Gasteiger partial charge in [0.2, 0.25) is 5.88 Å². The highest BCUT2D eigenvalue weighted by Crippen LogP contribution is 2.39. The lowest BCUT2D eigenvalue weighted by Gasteiger charge is -2.14. The zero-order valence-electron chi connectivity index (χ0n) is 14.4. The molecule has 0 amide bonds. The molecule has 0 N–H and O–H groups in total. The van der Waals surface area contributed by atoms with Gasteiger partial charge in [0.25, 0.3) is 0 Å². The summed E-state index contributed by atoms with van der Waals surface area (Å²) < 4.78 is 60.0. The molecule has 0 saturated carbocycles. The Morgan fingerprint density at radius 2 is 1.93 bits per heavy atom. The normalized spacial score (nSPS) is 12.1. The Morgan fingerprint density at radius 1 is 1.14 bits per heavy atom. The van der Waals surface area contributed by atoms with E-state index in [0.717, 1.165) is 10.6 Å². The topological polar surface area (TPSA) is 39.9 Å². The van der Waals surface area contributed by atoms with Crippen LogP contribution in [0.5, 0.6) is 5.88 Å². The Balaban J connectivity index is 2.10. The number of nitrogens with zero attached hydrogens (tertiary/aromatic N) is 3. The molecule has 0 aliphatic rings. The number of hydrogen-bond donors (Lipinski definition) is 0. The summed E-state index contributed by atoms with van der Waals surface area (Å²) in [5, 5.41) is 1.39. The van der Waals surface area contributed by atoms with Gasteiger partial charge in [0.05, 0.1) is 24.3 Å². The molecule has 4 nitrogen and oxygen atoms in total. The van der Waals surface area contributed by atoms with Crippen LogP contribution in [-0.4, -0.2) is 27.8 Å². The SMILES string of the molecule is COc1ncc(-c2cc(Cl)cc3c4ccncc4n(CC(F)(F)F)c23)cc1F. The average Bonchev–Trinajstić information content (AvgIpc) is 2.93. The number of methoxy groups -OCH3 is 1. The summed E-state index contributed by atoms with van der Waals surface area (Å²) in [6, 6.07) is 5.86. The maximum atomic E-state index is 14.2. The number of benzene rings is 1. The average molecular weight is 410 g/mol. The smallest absolute Gasteiger partial charge is 0.406 e. The summed E-state index contributed by atoms with van der Waals surface area (Å²) in [6.45, 7) is -1.22. The summed E-state index contributed by atoms with van der Waals surface area (Å²) in [7, 11) is 1.27. The molecule has 0 radical (unpaired) electrons. The molecular formula is C19H12ClF4N3O. The molecule has 28 heavy (non-hydrogen) atoms. The fourth-order valence-electron chi connectivity index (χ4n) is 3.33. The van der Waals surface area contributed by atoms with Crippen molar-refractivity contribution in [1.29, 1.82) is 0 Å². The number of pyridine rings is 2. The van der Waals surface area contributed by atoms with Crippen LogP contribution in [0.4, 0.5) is 17.6 Å². The zero-order chi connectivity index (χ0) is 20.1. The van der Waals surface area contributed by atoms with Crippen molar-refractivity contribution in [2.24, 2.45) is 0 Å². The van der Waals surface area contributed by atoms with Crippen LogP contribution in [0.1, 0.15) is 0 Å². The van der Waals surface area contributed by atoms with Crippen molar-refractivity contribution in [3.8, 4) is 17.0 Å². The molecule has 0 fully saturated rings. The van der Waals surface area contributed by atoms with Crippen molar-refractivity contribution >= 4 is 33.4 Å². The maximum absolute atomic E-state index is 14.2. The molecule has 0 bridgehead atoms. The van der Waals surface area contributed by atoms with Gasteiger partial charge in [-0.15, -0.1) is 0 Å². The molecule has 9 heteroatoms. The van der Waals surface area contributed by atoms with E-state index in [9.17, 15) is 17.6 Å². The molecule has 0 spiro atoms. The van der Waals surface area contributed by atoms with Gasteiger partial charge in [-0.3, -0.25) is 4.98 Å². The van der Waals surface area contributed by atoms with Crippen molar-refractivity contribution in [3.05, 3.63) is 53.7 Å². The monoisotopic (exact) mass is 409 g/mol. The van der Waals surface area contributed by atoms with Gasteiger partial charge in [-0.2, -0.15) is 13.2 Å². The number of rotatable bonds is 3. The van der Waals surface area contributed by atoms with Crippen LogP contribution >= 0.6 is 11.6 Å². The summed E-state index contributed by atoms with van der Waals surface area (Å²) in [5.41, 5.74) is 1.19. The van der Waals surface area contributed by atoms with Gasteiger partial charge in [0.15, 0.2) is 5.82 Å². The van der Waals surface area contributed by atoms with Gasteiger partial charge in [0.1, 0.15) is 6.54 Å². The highest BCUT2D eigenvalue weighted by molar-refractivity contribution is 6.32.